The van der Waals surface area contributed by atoms with Crippen LogP contribution in [0.2, 0.25) is 0 Å². The molecule has 1 saturated carbocycles. The average Bonchev–Trinajstić information content (AvgIpc) is 3.30. The van der Waals surface area contributed by atoms with Gasteiger partial charge in [-0.2, -0.15) is 13.9 Å². The molecule has 31 heavy (non-hydrogen) atoms. The summed E-state index contributed by atoms with van der Waals surface area (Å²) >= 11 is 0. The summed E-state index contributed by atoms with van der Waals surface area (Å²) in [4.78, 5) is 21.3. The van der Waals surface area contributed by atoms with Crippen LogP contribution in [0.25, 0.3) is 22.3 Å². The van der Waals surface area contributed by atoms with Crippen LogP contribution in [0.3, 0.4) is 0 Å². The first-order valence-corrected chi connectivity index (χ1v) is 10.3. The topological polar surface area (TPSA) is 90.1 Å². The van der Waals surface area contributed by atoms with Crippen molar-refractivity contribution < 1.29 is 23.4 Å². The number of ether oxygens (including phenoxy) is 1. The van der Waals surface area contributed by atoms with Crippen molar-refractivity contribution in [2.45, 2.75) is 58.3 Å². The number of alkyl halides is 2. The minimum absolute atomic E-state index is 0.0163. The van der Waals surface area contributed by atoms with Gasteiger partial charge in [0.2, 0.25) is 0 Å². The Morgan fingerprint density at radius 3 is 2.74 bits per heavy atom. The van der Waals surface area contributed by atoms with Crippen molar-refractivity contribution in [3.63, 3.8) is 0 Å². The first-order chi connectivity index (χ1) is 14.8. The number of halogens is 2. The lowest BCUT2D eigenvalue weighted by Gasteiger charge is -2.13. The molecule has 2 atom stereocenters. The van der Waals surface area contributed by atoms with Crippen LogP contribution in [0.4, 0.5) is 8.78 Å². The first kappa shape index (κ1) is 21.3. The zero-order valence-corrected chi connectivity index (χ0v) is 17.3. The number of aliphatic hydroxyl groups excluding tert-OH is 1. The number of nitrogens with zero attached hydrogens (tertiary/aromatic N) is 4. The van der Waals surface area contributed by atoms with Crippen molar-refractivity contribution in [2.75, 3.05) is 0 Å². The van der Waals surface area contributed by atoms with E-state index < -0.39 is 12.7 Å². The fraction of sp³-hybridized carbons (Fsp3) is 0.455. The van der Waals surface area contributed by atoms with E-state index in [0.717, 1.165) is 19.3 Å². The average molecular weight is 430 g/mol. The third kappa shape index (κ3) is 4.41. The molecule has 3 heterocycles. The van der Waals surface area contributed by atoms with E-state index in [-0.39, 0.29) is 29.9 Å². The van der Waals surface area contributed by atoms with E-state index in [1.165, 1.54) is 24.7 Å². The molecule has 1 aliphatic carbocycles. The molecule has 3 aromatic rings. The lowest BCUT2D eigenvalue weighted by atomic mass is 9.96. The molecule has 0 unspecified atom stereocenters. The lowest BCUT2D eigenvalue weighted by Crippen LogP contribution is -2.17. The number of carbonyl (C=O) groups excluding carboxylic acids is 1. The summed E-state index contributed by atoms with van der Waals surface area (Å²) in [6.45, 7) is 0.953. The zero-order valence-electron chi connectivity index (χ0n) is 17.3. The number of pyridine rings is 2. The van der Waals surface area contributed by atoms with Crippen LogP contribution in [0, 0.1) is 5.92 Å². The Morgan fingerprint density at radius 2 is 2.06 bits per heavy atom. The second-order valence-corrected chi connectivity index (χ2v) is 8.15. The molecule has 7 nitrogen and oxygen atoms in total. The van der Waals surface area contributed by atoms with Crippen molar-refractivity contribution in [3.05, 3.63) is 36.3 Å². The summed E-state index contributed by atoms with van der Waals surface area (Å²) < 4.78 is 31.4. The summed E-state index contributed by atoms with van der Waals surface area (Å²) in [7, 11) is 0. The van der Waals surface area contributed by atoms with Crippen molar-refractivity contribution in [1.29, 1.82) is 0 Å². The molecule has 0 saturated heterocycles. The minimum Gasteiger partial charge on any atom is -0.433 e. The highest BCUT2D eigenvalue weighted by atomic mass is 19.3. The normalized spacial score (nSPS) is 18.9. The molecule has 0 bridgehead atoms. The fourth-order valence-corrected chi connectivity index (χ4v) is 4.09. The molecule has 3 aromatic heterocycles. The van der Waals surface area contributed by atoms with Crippen molar-refractivity contribution in [1.82, 2.24) is 19.7 Å². The number of fused-ring (bicyclic) bond motifs is 1. The number of hydrogen-bond acceptors (Lipinski definition) is 6. The lowest BCUT2D eigenvalue weighted by molar-refractivity contribution is -0.0500. The number of ketones is 1. The highest BCUT2D eigenvalue weighted by Gasteiger charge is 2.28. The second-order valence-electron chi connectivity index (χ2n) is 8.15. The van der Waals surface area contributed by atoms with Gasteiger partial charge in [-0.25, -0.2) is 0 Å². The monoisotopic (exact) mass is 430 g/mol. The van der Waals surface area contributed by atoms with Gasteiger partial charge in [-0.3, -0.25) is 19.4 Å². The maximum Gasteiger partial charge on any atom is 0.387 e. The minimum atomic E-state index is -2.95. The van der Waals surface area contributed by atoms with Crippen LogP contribution in [-0.4, -0.2) is 43.4 Å². The van der Waals surface area contributed by atoms with E-state index in [9.17, 15) is 18.7 Å². The predicted octanol–water partition coefficient (Wildman–Crippen LogP) is 4.41. The van der Waals surface area contributed by atoms with Gasteiger partial charge in [0.25, 0.3) is 0 Å². The number of aromatic nitrogens is 4. The summed E-state index contributed by atoms with van der Waals surface area (Å²) in [6.07, 6.45) is 6.60. The molecule has 0 aliphatic heterocycles. The highest BCUT2D eigenvalue weighted by molar-refractivity contribution is 6.00. The molecular weight excluding hydrogens is 406 g/mol. The van der Waals surface area contributed by atoms with Gasteiger partial charge in [0.05, 0.1) is 17.8 Å². The van der Waals surface area contributed by atoms with Crippen LogP contribution < -0.4 is 4.74 Å². The second kappa shape index (κ2) is 8.66. The van der Waals surface area contributed by atoms with E-state index in [2.05, 4.69) is 19.8 Å². The van der Waals surface area contributed by atoms with Gasteiger partial charge in [0.15, 0.2) is 5.78 Å². The summed E-state index contributed by atoms with van der Waals surface area (Å²) in [6, 6.07) is 3.18. The molecule has 0 spiro atoms. The van der Waals surface area contributed by atoms with Gasteiger partial charge in [-0.1, -0.05) is 6.42 Å². The van der Waals surface area contributed by atoms with E-state index in [1.807, 2.05) is 13.8 Å². The molecule has 9 heteroatoms. The third-order valence-electron chi connectivity index (χ3n) is 5.64. The van der Waals surface area contributed by atoms with Gasteiger partial charge in [0, 0.05) is 36.0 Å². The molecule has 164 valence electrons. The van der Waals surface area contributed by atoms with Crippen LogP contribution in [0.15, 0.2) is 30.7 Å². The number of aliphatic hydroxyl groups is 1. The Kier molecular flexibility index (Phi) is 5.95. The Morgan fingerprint density at radius 1 is 1.26 bits per heavy atom. The summed E-state index contributed by atoms with van der Waals surface area (Å²) in [5, 5.41) is 14.6. The number of rotatable bonds is 7. The molecule has 1 aliphatic rings. The molecule has 0 radical (unpaired) electrons. The molecule has 1 fully saturated rings. The Bertz CT molecular complexity index is 1100. The number of hydrogen-bond donors (Lipinski definition) is 1. The van der Waals surface area contributed by atoms with Crippen LogP contribution in [0.1, 0.15) is 55.9 Å². The van der Waals surface area contributed by atoms with Gasteiger partial charge >= 0.3 is 6.61 Å². The van der Waals surface area contributed by atoms with Crippen molar-refractivity contribution >= 4 is 16.8 Å². The highest BCUT2D eigenvalue weighted by Crippen LogP contribution is 2.32. The van der Waals surface area contributed by atoms with Crippen LogP contribution in [0.5, 0.6) is 5.75 Å². The zero-order chi connectivity index (χ0) is 22.1. The first-order valence-electron chi connectivity index (χ1n) is 10.3. The number of Topliss-reactive ketones (excluding diaryl/α,β-unsaturated/α-hetero) is 1. The Hall–Kier alpha value is -2.94. The van der Waals surface area contributed by atoms with Gasteiger partial charge in [-0.15, -0.1) is 0 Å². The van der Waals surface area contributed by atoms with Crippen molar-refractivity contribution in [2.24, 2.45) is 5.92 Å². The molecule has 4 rings (SSSR count). The van der Waals surface area contributed by atoms with Gasteiger partial charge in [-0.05, 0) is 44.7 Å². The van der Waals surface area contributed by atoms with Crippen LogP contribution in [-0.2, 0) is 0 Å². The molecule has 0 aromatic carbocycles. The SMILES string of the molecule is CC(C)n1nc(-c2cncc(OC(F)F)c2)c2ncc(C(=O)C[C@H]3CCC[C@H]3O)cc21. The number of carbonyl (C=O) groups is 1. The van der Waals surface area contributed by atoms with E-state index in [4.69, 9.17) is 0 Å². The van der Waals surface area contributed by atoms with Crippen molar-refractivity contribution in [3.8, 4) is 17.0 Å². The Labute approximate surface area is 178 Å². The standard InChI is InChI=1S/C22H24F2N4O3/c1-12(2)28-17-7-14(19(30)8-13-4-3-5-18(13)29)10-26-21(17)20(27-28)15-6-16(11-25-9-15)31-22(23)24/h6-7,9-13,18,22,29H,3-5,8H2,1-2H3/t13-,18-/m1/s1. The quantitative estimate of drug-likeness (QED) is 0.559. The van der Waals surface area contributed by atoms with Gasteiger partial charge < -0.3 is 9.84 Å². The smallest absolute Gasteiger partial charge is 0.387 e. The summed E-state index contributed by atoms with van der Waals surface area (Å²) in [5.74, 6) is -0.147. The maximum absolute atomic E-state index is 12.8. The predicted molar refractivity (Wildman–Crippen MR) is 110 cm³/mol. The van der Waals surface area contributed by atoms with E-state index in [0.29, 0.717) is 27.9 Å². The van der Waals surface area contributed by atoms with Gasteiger partial charge in [0.1, 0.15) is 17.0 Å². The third-order valence-corrected chi connectivity index (χ3v) is 5.64. The summed E-state index contributed by atoms with van der Waals surface area (Å²) in [5.41, 5.74) is 2.64. The largest absolute Gasteiger partial charge is 0.433 e. The fourth-order valence-electron chi connectivity index (χ4n) is 4.09. The maximum atomic E-state index is 12.8. The Balaban J connectivity index is 1.71. The van der Waals surface area contributed by atoms with Crippen LogP contribution >= 0.6 is 0 Å². The molecule has 0 amide bonds. The molecular formula is C22H24F2N4O3. The van der Waals surface area contributed by atoms with E-state index in [1.54, 1.807) is 10.7 Å². The molecule has 1 N–H and O–H groups in total. The van der Waals surface area contributed by atoms with E-state index >= 15 is 0 Å².